The number of hydrogen-bond acceptors (Lipinski definition) is 3. The van der Waals surface area contributed by atoms with Gasteiger partial charge in [-0.15, -0.1) is 0 Å². The van der Waals surface area contributed by atoms with Gasteiger partial charge in [0.1, 0.15) is 0 Å². The number of amides is 2. The molecule has 0 spiro atoms. The van der Waals surface area contributed by atoms with Gasteiger partial charge in [0.25, 0.3) is 5.91 Å². The van der Waals surface area contributed by atoms with Crippen molar-refractivity contribution in [2.24, 2.45) is 0 Å². The Hall–Kier alpha value is -1.59. The SMILES string of the molecule is CNC(=O)c1cc(NC(=O)CNC(C)C)ccc1Cl. The van der Waals surface area contributed by atoms with Crippen molar-refractivity contribution in [2.45, 2.75) is 19.9 Å². The average Bonchev–Trinajstić information content (AvgIpc) is 2.37. The number of carbonyl (C=O) groups excluding carboxylic acids is 2. The van der Waals surface area contributed by atoms with Crippen LogP contribution in [0, 0.1) is 0 Å². The van der Waals surface area contributed by atoms with Gasteiger partial charge in [-0.05, 0) is 18.2 Å². The minimum Gasteiger partial charge on any atom is -0.355 e. The van der Waals surface area contributed by atoms with Crippen LogP contribution in [-0.4, -0.2) is 31.4 Å². The highest BCUT2D eigenvalue weighted by atomic mass is 35.5. The molecule has 0 unspecified atom stereocenters. The highest BCUT2D eigenvalue weighted by Crippen LogP contribution is 2.20. The van der Waals surface area contributed by atoms with E-state index in [2.05, 4.69) is 16.0 Å². The van der Waals surface area contributed by atoms with E-state index in [9.17, 15) is 9.59 Å². The summed E-state index contributed by atoms with van der Waals surface area (Å²) in [6.07, 6.45) is 0. The van der Waals surface area contributed by atoms with E-state index in [0.29, 0.717) is 16.3 Å². The number of nitrogens with one attached hydrogen (secondary N) is 3. The summed E-state index contributed by atoms with van der Waals surface area (Å²) in [5, 5.41) is 8.55. The van der Waals surface area contributed by atoms with Crippen LogP contribution in [0.15, 0.2) is 18.2 Å². The minimum absolute atomic E-state index is 0.168. The third kappa shape index (κ3) is 4.89. The maximum Gasteiger partial charge on any atom is 0.252 e. The average molecular weight is 284 g/mol. The van der Waals surface area contributed by atoms with Crippen LogP contribution in [-0.2, 0) is 4.79 Å². The van der Waals surface area contributed by atoms with E-state index in [1.807, 2.05) is 13.8 Å². The third-order valence-electron chi connectivity index (χ3n) is 2.39. The van der Waals surface area contributed by atoms with E-state index in [1.54, 1.807) is 18.2 Å². The van der Waals surface area contributed by atoms with Gasteiger partial charge in [0, 0.05) is 18.8 Å². The Morgan fingerprint density at radius 3 is 2.58 bits per heavy atom. The first-order valence-corrected chi connectivity index (χ1v) is 6.36. The number of halogens is 1. The zero-order chi connectivity index (χ0) is 14.4. The van der Waals surface area contributed by atoms with Crippen LogP contribution in [0.2, 0.25) is 5.02 Å². The molecule has 19 heavy (non-hydrogen) atoms. The highest BCUT2D eigenvalue weighted by Gasteiger charge is 2.11. The van der Waals surface area contributed by atoms with Crippen molar-refractivity contribution >= 4 is 29.1 Å². The smallest absolute Gasteiger partial charge is 0.252 e. The molecule has 0 bridgehead atoms. The molecular weight excluding hydrogens is 266 g/mol. The van der Waals surface area contributed by atoms with Gasteiger partial charge < -0.3 is 16.0 Å². The minimum atomic E-state index is -0.290. The molecule has 6 heteroatoms. The van der Waals surface area contributed by atoms with Crippen LogP contribution in [0.5, 0.6) is 0 Å². The molecule has 2 amide bonds. The van der Waals surface area contributed by atoms with E-state index in [1.165, 1.54) is 7.05 Å². The molecule has 0 atom stereocenters. The van der Waals surface area contributed by atoms with Crippen LogP contribution in [0.1, 0.15) is 24.2 Å². The van der Waals surface area contributed by atoms with Crippen molar-refractivity contribution in [1.29, 1.82) is 0 Å². The predicted octanol–water partition coefficient (Wildman–Crippen LogP) is 1.64. The first kappa shape index (κ1) is 15.5. The molecule has 5 nitrogen and oxygen atoms in total. The van der Waals surface area contributed by atoms with Crippen molar-refractivity contribution < 1.29 is 9.59 Å². The predicted molar refractivity (Wildman–Crippen MR) is 76.6 cm³/mol. The molecule has 0 radical (unpaired) electrons. The summed E-state index contributed by atoms with van der Waals surface area (Å²) in [5.74, 6) is -0.458. The molecule has 3 N–H and O–H groups in total. The van der Waals surface area contributed by atoms with Gasteiger partial charge in [0.2, 0.25) is 5.91 Å². The monoisotopic (exact) mass is 283 g/mol. The second-order valence-corrected chi connectivity index (χ2v) is 4.76. The van der Waals surface area contributed by atoms with Gasteiger partial charge in [-0.3, -0.25) is 9.59 Å². The van der Waals surface area contributed by atoms with E-state index in [4.69, 9.17) is 11.6 Å². The fourth-order valence-corrected chi connectivity index (χ4v) is 1.62. The lowest BCUT2D eigenvalue weighted by Gasteiger charge is -2.10. The van der Waals surface area contributed by atoms with Crippen LogP contribution in [0.25, 0.3) is 0 Å². The van der Waals surface area contributed by atoms with Crippen LogP contribution < -0.4 is 16.0 Å². The first-order chi connectivity index (χ1) is 8.93. The lowest BCUT2D eigenvalue weighted by molar-refractivity contribution is -0.115. The molecule has 0 fully saturated rings. The van der Waals surface area contributed by atoms with Crippen molar-refractivity contribution in [1.82, 2.24) is 10.6 Å². The molecular formula is C13H18ClN3O2. The van der Waals surface area contributed by atoms with Gasteiger partial charge in [-0.1, -0.05) is 25.4 Å². The fraction of sp³-hybridized carbons (Fsp3) is 0.385. The Labute approximate surface area is 117 Å². The molecule has 0 aliphatic heterocycles. The maximum absolute atomic E-state index is 11.6. The Morgan fingerprint density at radius 1 is 1.32 bits per heavy atom. The van der Waals surface area contributed by atoms with Gasteiger partial charge in [0.15, 0.2) is 0 Å². The van der Waals surface area contributed by atoms with Gasteiger partial charge in [-0.25, -0.2) is 0 Å². The molecule has 1 aromatic carbocycles. The molecule has 0 saturated heterocycles. The van der Waals surface area contributed by atoms with E-state index in [0.717, 1.165) is 0 Å². The second-order valence-electron chi connectivity index (χ2n) is 4.36. The van der Waals surface area contributed by atoms with E-state index < -0.39 is 0 Å². The summed E-state index contributed by atoms with van der Waals surface area (Å²) < 4.78 is 0. The largest absolute Gasteiger partial charge is 0.355 e. The molecule has 0 aliphatic rings. The molecule has 0 aromatic heterocycles. The van der Waals surface area contributed by atoms with Crippen LogP contribution in [0.3, 0.4) is 0 Å². The molecule has 0 aliphatic carbocycles. The molecule has 0 saturated carbocycles. The number of anilines is 1. The third-order valence-corrected chi connectivity index (χ3v) is 2.72. The zero-order valence-corrected chi connectivity index (χ0v) is 12.0. The topological polar surface area (TPSA) is 70.2 Å². The summed E-state index contributed by atoms with van der Waals surface area (Å²) in [6, 6.07) is 5.02. The Balaban J connectivity index is 2.74. The standard InChI is InChI=1S/C13H18ClN3O2/c1-8(2)16-7-12(18)17-9-4-5-11(14)10(6-9)13(19)15-3/h4-6,8,16H,7H2,1-3H3,(H,15,19)(H,17,18). The zero-order valence-electron chi connectivity index (χ0n) is 11.2. The molecule has 104 valence electrons. The molecule has 1 rings (SSSR count). The first-order valence-electron chi connectivity index (χ1n) is 5.99. The van der Waals surface area contributed by atoms with Crippen molar-refractivity contribution in [3.05, 3.63) is 28.8 Å². The Morgan fingerprint density at radius 2 is 2.00 bits per heavy atom. The normalized spacial score (nSPS) is 10.4. The lowest BCUT2D eigenvalue weighted by atomic mass is 10.2. The van der Waals surface area contributed by atoms with E-state index in [-0.39, 0.29) is 24.4 Å². The lowest BCUT2D eigenvalue weighted by Crippen LogP contribution is -2.32. The van der Waals surface area contributed by atoms with Gasteiger partial charge >= 0.3 is 0 Å². The summed E-state index contributed by atoms with van der Waals surface area (Å²) in [4.78, 5) is 23.2. The van der Waals surface area contributed by atoms with Crippen LogP contribution in [0.4, 0.5) is 5.69 Å². The Bertz CT molecular complexity index is 475. The van der Waals surface area contributed by atoms with Gasteiger partial charge in [-0.2, -0.15) is 0 Å². The highest BCUT2D eigenvalue weighted by molar-refractivity contribution is 6.34. The van der Waals surface area contributed by atoms with Crippen LogP contribution >= 0.6 is 11.6 Å². The fourth-order valence-electron chi connectivity index (χ4n) is 1.41. The summed E-state index contributed by atoms with van der Waals surface area (Å²) >= 11 is 5.92. The molecule has 0 heterocycles. The van der Waals surface area contributed by atoms with E-state index >= 15 is 0 Å². The number of hydrogen-bond donors (Lipinski definition) is 3. The second kappa shape index (κ2) is 7.11. The summed E-state index contributed by atoms with van der Waals surface area (Å²) in [5.41, 5.74) is 0.873. The molecule has 1 aromatic rings. The summed E-state index contributed by atoms with van der Waals surface area (Å²) in [6.45, 7) is 4.13. The quantitative estimate of drug-likeness (QED) is 0.769. The summed E-state index contributed by atoms with van der Waals surface area (Å²) in [7, 11) is 1.52. The number of rotatable bonds is 5. The maximum atomic E-state index is 11.6. The van der Waals surface area contributed by atoms with Crippen molar-refractivity contribution in [3.63, 3.8) is 0 Å². The van der Waals surface area contributed by atoms with Crippen molar-refractivity contribution in [3.8, 4) is 0 Å². The Kier molecular flexibility index (Phi) is 5.79. The number of benzene rings is 1. The van der Waals surface area contributed by atoms with Gasteiger partial charge in [0.05, 0.1) is 17.1 Å². The number of carbonyl (C=O) groups is 2. The van der Waals surface area contributed by atoms with Crippen molar-refractivity contribution in [2.75, 3.05) is 18.9 Å².